The van der Waals surface area contributed by atoms with Crippen LogP contribution in [0.1, 0.15) is 82.3 Å². The topological polar surface area (TPSA) is 18.5 Å². The zero-order valence-corrected chi connectivity index (χ0v) is 21.9. The Balaban J connectivity index is 1.34. The molecule has 1 saturated carbocycles. The molecule has 3 aromatic rings. The Morgan fingerprint density at radius 3 is 2.19 bits per heavy atom. The summed E-state index contributed by atoms with van der Waals surface area (Å²) in [5.41, 5.74) is 1.83. The van der Waals surface area contributed by atoms with Gasteiger partial charge in [-0.25, -0.2) is 13.2 Å². The molecule has 0 saturated heterocycles. The van der Waals surface area contributed by atoms with Crippen molar-refractivity contribution in [1.82, 2.24) is 0 Å². The SMILES string of the molecule is CCCCCCOc1ccc(-c2ccc(OCc3ccc(C4CCC(C)CC4)c(F)c3F)cc2)c(F)c1. The fourth-order valence-corrected chi connectivity index (χ4v) is 5.03. The first-order valence-corrected chi connectivity index (χ1v) is 13.6. The first-order valence-electron chi connectivity index (χ1n) is 13.6. The molecular weight excluding hydrogens is 473 g/mol. The van der Waals surface area contributed by atoms with Gasteiger partial charge in [0.15, 0.2) is 11.6 Å². The lowest BCUT2D eigenvalue weighted by Crippen LogP contribution is -2.13. The van der Waals surface area contributed by atoms with Crippen LogP contribution in [0, 0.1) is 23.4 Å². The molecule has 0 atom stereocenters. The van der Waals surface area contributed by atoms with Gasteiger partial charge in [0.25, 0.3) is 0 Å². The Morgan fingerprint density at radius 1 is 0.757 bits per heavy atom. The number of halogens is 3. The van der Waals surface area contributed by atoms with Crippen LogP contribution in [0.5, 0.6) is 11.5 Å². The van der Waals surface area contributed by atoms with Gasteiger partial charge in [-0.3, -0.25) is 0 Å². The number of unbranched alkanes of at least 4 members (excludes halogenated alkanes) is 3. The van der Waals surface area contributed by atoms with E-state index in [1.54, 1.807) is 48.5 Å². The van der Waals surface area contributed by atoms with E-state index in [-0.39, 0.29) is 23.9 Å². The number of rotatable bonds is 11. The third-order valence-corrected chi connectivity index (χ3v) is 7.41. The van der Waals surface area contributed by atoms with Crippen LogP contribution in [0.4, 0.5) is 13.2 Å². The third kappa shape index (κ3) is 7.09. The van der Waals surface area contributed by atoms with Crippen LogP contribution in [0.15, 0.2) is 54.6 Å². The highest BCUT2D eigenvalue weighted by Crippen LogP contribution is 2.37. The van der Waals surface area contributed by atoms with E-state index in [0.29, 0.717) is 40.7 Å². The molecule has 0 aliphatic heterocycles. The second kappa shape index (κ2) is 13.0. The van der Waals surface area contributed by atoms with Gasteiger partial charge in [0.2, 0.25) is 0 Å². The molecule has 1 fully saturated rings. The fraction of sp³-hybridized carbons (Fsp3) is 0.438. The highest BCUT2D eigenvalue weighted by atomic mass is 19.2. The summed E-state index contributed by atoms with van der Waals surface area (Å²) < 4.78 is 55.7. The average Bonchev–Trinajstić information content (AvgIpc) is 2.91. The number of ether oxygens (including phenoxy) is 2. The maximum absolute atomic E-state index is 14.8. The summed E-state index contributed by atoms with van der Waals surface area (Å²) in [6, 6.07) is 15.2. The van der Waals surface area contributed by atoms with Crippen molar-refractivity contribution in [3.05, 3.63) is 83.2 Å². The predicted molar refractivity (Wildman–Crippen MR) is 143 cm³/mol. The van der Waals surface area contributed by atoms with Gasteiger partial charge in [0, 0.05) is 17.2 Å². The highest BCUT2D eigenvalue weighted by Gasteiger charge is 2.24. The van der Waals surface area contributed by atoms with Crippen LogP contribution in [-0.2, 0) is 6.61 Å². The zero-order valence-electron chi connectivity index (χ0n) is 21.9. The molecule has 0 spiro atoms. The van der Waals surface area contributed by atoms with E-state index in [0.717, 1.165) is 44.9 Å². The molecule has 3 aromatic carbocycles. The average molecular weight is 511 g/mol. The summed E-state index contributed by atoms with van der Waals surface area (Å²) in [7, 11) is 0. The van der Waals surface area contributed by atoms with Gasteiger partial charge in [0.1, 0.15) is 23.9 Å². The molecule has 0 amide bonds. The summed E-state index contributed by atoms with van der Waals surface area (Å²) in [6.45, 7) is 4.86. The predicted octanol–water partition coefficient (Wildman–Crippen LogP) is 9.60. The van der Waals surface area contributed by atoms with Crippen molar-refractivity contribution < 1.29 is 22.6 Å². The molecule has 0 radical (unpaired) electrons. The van der Waals surface area contributed by atoms with Crippen molar-refractivity contribution >= 4 is 0 Å². The van der Waals surface area contributed by atoms with E-state index in [1.807, 2.05) is 0 Å². The normalized spacial score (nSPS) is 17.5. The zero-order chi connectivity index (χ0) is 26.2. The summed E-state index contributed by atoms with van der Waals surface area (Å²) in [6.07, 6.45) is 8.30. The van der Waals surface area contributed by atoms with Gasteiger partial charge < -0.3 is 9.47 Å². The maximum atomic E-state index is 14.8. The van der Waals surface area contributed by atoms with Crippen LogP contribution in [-0.4, -0.2) is 6.61 Å². The van der Waals surface area contributed by atoms with Gasteiger partial charge in [0.05, 0.1) is 6.61 Å². The van der Waals surface area contributed by atoms with E-state index >= 15 is 0 Å². The first-order chi connectivity index (χ1) is 18.0. The van der Waals surface area contributed by atoms with Crippen molar-refractivity contribution in [2.24, 2.45) is 5.92 Å². The molecule has 2 nitrogen and oxygen atoms in total. The van der Waals surface area contributed by atoms with E-state index in [1.165, 1.54) is 12.5 Å². The molecule has 37 heavy (non-hydrogen) atoms. The monoisotopic (exact) mass is 510 g/mol. The lowest BCUT2D eigenvalue weighted by molar-refractivity contribution is 0.295. The maximum Gasteiger partial charge on any atom is 0.165 e. The second-order valence-electron chi connectivity index (χ2n) is 10.3. The standard InChI is InChI=1S/C32H37F3O2/c1-3-4-5-6-19-36-27-16-18-28(30(33)20-27)23-11-14-26(15-12-23)37-21-25-13-17-29(32(35)31(25)34)24-9-7-22(2)8-10-24/h11-18,20,22,24H,3-10,19,21H2,1-2H3. The Morgan fingerprint density at radius 2 is 1.49 bits per heavy atom. The Labute approximate surface area is 218 Å². The van der Waals surface area contributed by atoms with Crippen molar-refractivity contribution in [2.75, 3.05) is 6.61 Å². The molecule has 1 aliphatic rings. The molecule has 0 aromatic heterocycles. The molecule has 198 valence electrons. The molecule has 4 rings (SSSR count). The van der Waals surface area contributed by atoms with Crippen LogP contribution in [0.3, 0.4) is 0 Å². The largest absolute Gasteiger partial charge is 0.493 e. The summed E-state index contributed by atoms with van der Waals surface area (Å²) >= 11 is 0. The number of hydrogen-bond acceptors (Lipinski definition) is 2. The second-order valence-corrected chi connectivity index (χ2v) is 10.3. The minimum atomic E-state index is -0.831. The molecule has 1 aliphatic carbocycles. The van der Waals surface area contributed by atoms with E-state index in [2.05, 4.69) is 13.8 Å². The van der Waals surface area contributed by atoms with E-state index in [4.69, 9.17) is 9.47 Å². The molecular formula is C32H37F3O2. The lowest BCUT2D eigenvalue weighted by Gasteiger charge is -2.27. The summed E-state index contributed by atoms with van der Waals surface area (Å²) in [4.78, 5) is 0. The minimum absolute atomic E-state index is 0.0806. The Kier molecular flexibility index (Phi) is 9.54. The molecule has 5 heteroatoms. The van der Waals surface area contributed by atoms with Gasteiger partial charge in [-0.1, -0.05) is 70.2 Å². The van der Waals surface area contributed by atoms with Crippen LogP contribution >= 0.6 is 0 Å². The van der Waals surface area contributed by atoms with Crippen molar-refractivity contribution in [3.63, 3.8) is 0 Å². The van der Waals surface area contributed by atoms with Gasteiger partial charge in [-0.2, -0.15) is 0 Å². The summed E-state index contributed by atoms with van der Waals surface area (Å²) in [5, 5.41) is 0. The van der Waals surface area contributed by atoms with Crippen molar-refractivity contribution in [3.8, 4) is 22.6 Å². The molecule has 0 unspecified atom stereocenters. The number of hydrogen-bond donors (Lipinski definition) is 0. The van der Waals surface area contributed by atoms with Crippen LogP contribution in [0.25, 0.3) is 11.1 Å². The molecule has 0 bridgehead atoms. The quantitative estimate of drug-likeness (QED) is 0.239. The van der Waals surface area contributed by atoms with Crippen molar-refractivity contribution in [1.29, 1.82) is 0 Å². The highest BCUT2D eigenvalue weighted by molar-refractivity contribution is 5.65. The Bertz CT molecular complexity index is 1150. The van der Waals surface area contributed by atoms with Gasteiger partial charge in [-0.05, 0) is 66.5 Å². The van der Waals surface area contributed by atoms with Gasteiger partial charge >= 0.3 is 0 Å². The Hall–Kier alpha value is -2.95. The minimum Gasteiger partial charge on any atom is -0.493 e. The molecule has 0 N–H and O–H groups in total. The summed E-state index contributed by atoms with van der Waals surface area (Å²) in [5.74, 6) is -0.178. The smallest absolute Gasteiger partial charge is 0.165 e. The van der Waals surface area contributed by atoms with Crippen LogP contribution < -0.4 is 9.47 Å². The van der Waals surface area contributed by atoms with E-state index in [9.17, 15) is 13.2 Å². The molecule has 0 heterocycles. The number of benzene rings is 3. The third-order valence-electron chi connectivity index (χ3n) is 7.41. The van der Waals surface area contributed by atoms with Crippen molar-refractivity contribution in [2.45, 2.75) is 77.7 Å². The first kappa shape index (κ1) is 27.1. The van der Waals surface area contributed by atoms with Gasteiger partial charge in [-0.15, -0.1) is 0 Å². The lowest BCUT2D eigenvalue weighted by atomic mass is 9.79. The van der Waals surface area contributed by atoms with E-state index < -0.39 is 11.6 Å². The van der Waals surface area contributed by atoms with Crippen LogP contribution in [0.2, 0.25) is 0 Å². The fourth-order valence-electron chi connectivity index (χ4n) is 5.03.